The summed E-state index contributed by atoms with van der Waals surface area (Å²) in [6.07, 6.45) is 0.770. The summed E-state index contributed by atoms with van der Waals surface area (Å²) in [6.45, 7) is 9.52. The number of nitrogens with one attached hydrogen (secondary N) is 1. The normalized spacial score (nSPS) is 12.3. The minimum atomic E-state index is -3.98. The first-order chi connectivity index (χ1) is 16.4. The molecule has 0 aliphatic rings. The molecule has 0 unspecified atom stereocenters. The number of amides is 2. The van der Waals surface area contributed by atoms with Gasteiger partial charge in [0, 0.05) is 27.2 Å². The van der Waals surface area contributed by atoms with Crippen molar-refractivity contribution in [2.24, 2.45) is 0 Å². The highest BCUT2D eigenvalue weighted by atomic mass is 32.2. The number of carbonyl (C=O) groups is 2. The van der Waals surface area contributed by atoms with Crippen LogP contribution in [0.3, 0.4) is 0 Å². The van der Waals surface area contributed by atoms with Crippen LogP contribution in [-0.4, -0.2) is 62.7 Å². The van der Waals surface area contributed by atoms with Crippen LogP contribution in [0.25, 0.3) is 0 Å². The fraction of sp³-hybridized carbons (Fsp3) is 0.462. The average molecular weight is 503 g/mol. The molecule has 2 aromatic carbocycles. The summed E-state index contributed by atoms with van der Waals surface area (Å²) < 4.78 is 28.8. The largest absolute Gasteiger partial charge is 0.354 e. The first-order valence-electron chi connectivity index (χ1n) is 11.8. The molecule has 0 spiro atoms. The lowest BCUT2D eigenvalue weighted by molar-refractivity contribution is -0.139. The van der Waals surface area contributed by atoms with Gasteiger partial charge in [0.1, 0.15) is 12.6 Å². The number of hydrogen-bond acceptors (Lipinski definition) is 4. The molecule has 0 aliphatic heterocycles. The number of aryl methyl sites for hydroxylation is 3. The van der Waals surface area contributed by atoms with Gasteiger partial charge in [0.25, 0.3) is 0 Å². The van der Waals surface area contributed by atoms with Crippen molar-refractivity contribution in [1.29, 1.82) is 0 Å². The first-order valence-corrected chi connectivity index (χ1v) is 13.2. The Morgan fingerprint density at radius 3 is 2.14 bits per heavy atom. The van der Waals surface area contributed by atoms with E-state index in [4.69, 9.17) is 0 Å². The first kappa shape index (κ1) is 28.3. The lowest BCUT2D eigenvalue weighted by Gasteiger charge is -2.33. The monoisotopic (exact) mass is 502 g/mol. The SMILES string of the molecule is CCCNC(=O)[C@H](C)N(Cc1ccc(C)cc1)C(=O)CN(c1cc(C)ccc1C)S(=O)(=O)N(C)C. The molecule has 0 bridgehead atoms. The minimum Gasteiger partial charge on any atom is -0.354 e. The number of rotatable bonds is 11. The van der Waals surface area contributed by atoms with E-state index < -0.39 is 28.7 Å². The molecule has 9 heteroatoms. The van der Waals surface area contributed by atoms with Crippen molar-refractivity contribution in [3.63, 3.8) is 0 Å². The van der Waals surface area contributed by atoms with E-state index >= 15 is 0 Å². The lowest BCUT2D eigenvalue weighted by Crippen LogP contribution is -2.52. The quantitative estimate of drug-likeness (QED) is 0.511. The van der Waals surface area contributed by atoms with Gasteiger partial charge in [-0.05, 0) is 56.9 Å². The second-order valence-electron chi connectivity index (χ2n) is 9.06. The molecule has 2 amide bonds. The molecule has 0 heterocycles. The molecule has 0 fully saturated rings. The van der Waals surface area contributed by atoms with Gasteiger partial charge in [-0.1, -0.05) is 48.9 Å². The molecule has 0 saturated heterocycles. The van der Waals surface area contributed by atoms with Crippen LogP contribution >= 0.6 is 0 Å². The van der Waals surface area contributed by atoms with Crippen LogP contribution in [0.1, 0.15) is 42.5 Å². The Morgan fingerprint density at radius 1 is 0.971 bits per heavy atom. The van der Waals surface area contributed by atoms with Crippen molar-refractivity contribution in [1.82, 2.24) is 14.5 Å². The maximum absolute atomic E-state index is 13.7. The highest BCUT2D eigenvalue weighted by Gasteiger charge is 2.33. The Hall–Kier alpha value is -2.91. The topological polar surface area (TPSA) is 90.0 Å². The van der Waals surface area contributed by atoms with E-state index in [1.807, 2.05) is 64.1 Å². The summed E-state index contributed by atoms with van der Waals surface area (Å²) in [4.78, 5) is 28.0. The zero-order valence-corrected chi connectivity index (χ0v) is 22.6. The fourth-order valence-electron chi connectivity index (χ4n) is 3.56. The van der Waals surface area contributed by atoms with E-state index in [0.29, 0.717) is 12.2 Å². The highest BCUT2D eigenvalue weighted by Crippen LogP contribution is 2.26. The van der Waals surface area contributed by atoms with E-state index in [1.54, 1.807) is 13.0 Å². The predicted molar refractivity (Wildman–Crippen MR) is 140 cm³/mol. The van der Waals surface area contributed by atoms with E-state index in [1.165, 1.54) is 19.0 Å². The zero-order valence-electron chi connectivity index (χ0n) is 21.8. The maximum atomic E-state index is 13.7. The van der Waals surface area contributed by atoms with E-state index in [-0.39, 0.29) is 12.5 Å². The van der Waals surface area contributed by atoms with Crippen LogP contribution in [0, 0.1) is 20.8 Å². The summed E-state index contributed by atoms with van der Waals surface area (Å²) in [5, 5.41) is 2.84. The van der Waals surface area contributed by atoms with Crippen molar-refractivity contribution >= 4 is 27.7 Å². The fourth-order valence-corrected chi connectivity index (χ4v) is 4.67. The smallest absolute Gasteiger partial charge is 0.304 e. The van der Waals surface area contributed by atoms with E-state index in [9.17, 15) is 18.0 Å². The van der Waals surface area contributed by atoms with Gasteiger partial charge in [-0.2, -0.15) is 12.7 Å². The van der Waals surface area contributed by atoms with Gasteiger partial charge in [0.2, 0.25) is 11.8 Å². The van der Waals surface area contributed by atoms with Crippen LogP contribution in [0.15, 0.2) is 42.5 Å². The van der Waals surface area contributed by atoms with Gasteiger partial charge in [-0.25, -0.2) is 4.31 Å². The van der Waals surface area contributed by atoms with Crippen LogP contribution < -0.4 is 9.62 Å². The molecule has 1 atom stereocenters. The molecule has 0 saturated carbocycles. The third-order valence-electron chi connectivity index (χ3n) is 5.84. The maximum Gasteiger partial charge on any atom is 0.304 e. The van der Waals surface area contributed by atoms with Crippen molar-refractivity contribution in [3.8, 4) is 0 Å². The van der Waals surface area contributed by atoms with Gasteiger partial charge in [-0.3, -0.25) is 9.59 Å². The summed E-state index contributed by atoms with van der Waals surface area (Å²) >= 11 is 0. The Labute approximate surface area is 210 Å². The molecule has 0 aromatic heterocycles. The van der Waals surface area contributed by atoms with Crippen LogP contribution in [0.4, 0.5) is 5.69 Å². The molecule has 35 heavy (non-hydrogen) atoms. The standard InChI is InChI=1S/C26H38N4O4S/c1-8-15-27-26(32)22(5)29(17-23-13-10-19(2)11-14-23)25(31)18-30(35(33,34)28(6)7)24-16-20(3)9-12-21(24)4/h9-14,16,22H,8,15,17-18H2,1-7H3,(H,27,32)/t22-/m0/s1. The summed E-state index contributed by atoms with van der Waals surface area (Å²) in [7, 11) is -1.11. The average Bonchev–Trinajstić information content (AvgIpc) is 2.81. The predicted octanol–water partition coefficient (Wildman–Crippen LogP) is 3.17. The zero-order chi connectivity index (χ0) is 26.3. The summed E-state index contributed by atoms with van der Waals surface area (Å²) in [6, 6.07) is 12.4. The second-order valence-corrected chi connectivity index (χ2v) is 11.1. The Bertz CT molecular complexity index is 1130. The van der Waals surface area contributed by atoms with Gasteiger partial charge < -0.3 is 10.2 Å². The number of carbonyl (C=O) groups excluding carboxylic acids is 2. The van der Waals surface area contributed by atoms with Crippen molar-refractivity contribution in [3.05, 3.63) is 64.7 Å². The third kappa shape index (κ3) is 7.29. The van der Waals surface area contributed by atoms with Gasteiger partial charge in [0.05, 0.1) is 5.69 Å². The molecular formula is C26H38N4O4S. The van der Waals surface area contributed by atoms with Gasteiger partial charge >= 0.3 is 10.2 Å². The molecule has 0 aliphatic carbocycles. The Kier molecular flexibility index (Phi) is 9.85. The van der Waals surface area contributed by atoms with Crippen molar-refractivity contribution < 1.29 is 18.0 Å². The molecular weight excluding hydrogens is 464 g/mol. The van der Waals surface area contributed by atoms with Crippen LogP contribution in [-0.2, 0) is 26.3 Å². The van der Waals surface area contributed by atoms with E-state index in [2.05, 4.69) is 5.32 Å². The lowest BCUT2D eigenvalue weighted by atomic mass is 10.1. The molecule has 192 valence electrons. The van der Waals surface area contributed by atoms with E-state index in [0.717, 1.165) is 37.3 Å². The second kappa shape index (κ2) is 12.2. The summed E-state index contributed by atoms with van der Waals surface area (Å²) in [5.74, 6) is -0.739. The minimum absolute atomic E-state index is 0.183. The Morgan fingerprint density at radius 2 is 1.57 bits per heavy atom. The Balaban J connectivity index is 2.48. The van der Waals surface area contributed by atoms with Gasteiger partial charge in [0.15, 0.2) is 0 Å². The molecule has 2 rings (SSSR count). The van der Waals surface area contributed by atoms with Crippen LogP contribution in [0.5, 0.6) is 0 Å². The summed E-state index contributed by atoms with van der Waals surface area (Å²) in [5.41, 5.74) is 3.98. The number of benzene rings is 2. The number of anilines is 1. The molecule has 1 N–H and O–H groups in total. The molecule has 0 radical (unpaired) electrons. The van der Waals surface area contributed by atoms with Gasteiger partial charge in [-0.15, -0.1) is 0 Å². The van der Waals surface area contributed by atoms with Crippen molar-refractivity contribution in [2.45, 2.75) is 53.6 Å². The van der Waals surface area contributed by atoms with Crippen LogP contribution in [0.2, 0.25) is 0 Å². The van der Waals surface area contributed by atoms with Crippen molar-refractivity contribution in [2.75, 3.05) is 31.5 Å². The molecule has 8 nitrogen and oxygen atoms in total. The number of hydrogen-bond donors (Lipinski definition) is 1. The molecule has 2 aromatic rings. The number of nitrogens with zero attached hydrogens (tertiary/aromatic N) is 3. The third-order valence-corrected chi connectivity index (χ3v) is 7.65. The highest BCUT2D eigenvalue weighted by molar-refractivity contribution is 7.90.